The average molecular weight is 251 g/mol. The summed E-state index contributed by atoms with van der Waals surface area (Å²) in [5.74, 6) is -0.586. The van der Waals surface area contributed by atoms with Crippen molar-refractivity contribution in [1.82, 2.24) is 9.97 Å². The first-order chi connectivity index (χ1) is 8.60. The summed E-state index contributed by atoms with van der Waals surface area (Å²) in [5.41, 5.74) is 1.39. The van der Waals surface area contributed by atoms with Crippen molar-refractivity contribution in [2.45, 2.75) is 6.10 Å². The SMILES string of the molecule is O=C(O)c1ccc2nc(NCC(O)CO)[nH]c2c1. The van der Waals surface area contributed by atoms with Gasteiger partial charge in [-0.15, -0.1) is 0 Å². The fourth-order valence-corrected chi connectivity index (χ4v) is 1.51. The number of anilines is 1. The lowest BCUT2D eigenvalue weighted by Gasteiger charge is -2.06. The van der Waals surface area contributed by atoms with Gasteiger partial charge in [0.1, 0.15) is 0 Å². The van der Waals surface area contributed by atoms with Crippen molar-refractivity contribution in [2.75, 3.05) is 18.5 Å². The van der Waals surface area contributed by atoms with Crippen molar-refractivity contribution in [3.8, 4) is 0 Å². The molecule has 5 N–H and O–H groups in total. The number of hydrogen-bond acceptors (Lipinski definition) is 5. The molecule has 1 unspecified atom stereocenters. The van der Waals surface area contributed by atoms with Gasteiger partial charge in [0.05, 0.1) is 29.3 Å². The van der Waals surface area contributed by atoms with Crippen LogP contribution in [0, 0.1) is 0 Å². The maximum absolute atomic E-state index is 10.8. The Labute approximate surface area is 102 Å². The monoisotopic (exact) mass is 251 g/mol. The normalized spacial score (nSPS) is 12.6. The standard InChI is InChI=1S/C11H13N3O4/c15-5-7(16)4-12-11-13-8-2-1-6(10(17)18)3-9(8)14-11/h1-3,7,15-16H,4-5H2,(H,17,18)(H2,12,13,14). The third kappa shape index (κ3) is 2.58. The molecule has 0 radical (unpaired) electrons. The second-order valence-corrected chi connectivity index (χ2v) is 3.84. The summed E-state index contributed by atoms with van der Waals surface area (Å²) in [4.78, 5) is 17.9. The molecular weight excluding hydrogens is 238 g/mol. The number of aliphatic hydroxyl groups is 2. The van der Waals surface area contributed by atoms with Gasteiger partial charge in [-0.05, 0) is 18.2 Å². The number of carbonyl (C=O) groups is 1. The number of aromatic carboxylic acids is 1. The van der Waals surface area contributed by atoms with Crippen molar-refractivity contribution < 1.29 is 20.1 Å². The van der Waals surface area contributed by atoms with E-state index in [1.165, 1.54) is 12.1 Å². The predicted octanol–water partition coefficient (Wildman–Crippen LogP) is 0.0262. The molecular formula is C11H13N3O4. The highest BCUT2D eigenvalue weighted by Gasteiger charge is 2.08. The van der Waals surface area contributed by atoms with Gasteiger partial charge in [-0.2, -0.15) is 0 Å². The number of carboxylic acids is 1. The fraction of sp³-hybridized carbons (Fsp3) is 0.273. The Morgan fingerprint density at radius 2 is 2.28 bits per heavy atom. The van der Waals surface area contributed by atoms with E-state index in [0.717, 1.165) is 0 Å². The zero-order valence-corrected chi connectivity index (χ0v) is 9.42. The molecule has 0 aliphatic carbocycles. The summed E-state index contributed by atoms with van der Waals surface area (Å²) in [6.45, 7) is -0.182. The Hall–Kier alpha value is -2.12. The number of hydrogen-bond donors (Lipinski definition) is 5. The molecule has 7 nitrogen and oxygen atoms in total. The van der Waals surface area contributed by atoms with Gasteiger partial charge in [0.2, 0.25) is 5.95 Å². The van der Waals surface area contributed by atoms with Crippen molar-refractivity contribution in [3.63, 3.8) is 0 Å². The van der Waals surface area contributed by atoms with Crippen LogP contribution >= 0.6 is 0 Å². The first-order valence-corrected chi connectivity index (χ1v) is 5.36. The lowest BCUT2D eigenvalue weighted by molar-refractivity contribution is 0.0697. The Balaban J connectivity index is 2.19. The third-order valence-electron chi connectivity index (χ3n) is 2.44. The van der Waals surface area contributed by atoms with Gasteiger partial charge in [-0.3, -0.25) is 0 Å². The van der Waals surface area contributed by atoms with E-state index in [-0.39, 0.29) is 18.7 Å². The number of nitrogens with zero attached hydrogens (tertiary/aromatic N) is 1. The molecule has 1 heterocycles. The molecule has 0 amide bonds. The minimum absolute atomic E-state index is 0.155. The Bertz CT molecular complexity index is 566. The van der Waals surface area contributed by atoms with Crippen LogP contribution in [0.15, 0.2) is 18.2 Å². The maximum atomic E-state index is 10.8. The van der Waals surface area contributed by atoms with Crippen LogP contribution in [0.1, 0.15) is 10.4 Å². The molecule has 0 saturated carbocycles. The highest BCUT2D eigenvalue weighted by Crippen LogP contribution is 2.16. The molecule has 0 fully saturated rings. The molecule has 96 valence electrons. The minimum Gasteiger partial charge on any atom is -0.478 e. The molecule has 18 heavy (non-hydrogen) atoms. The van der Waals surface area contributed by atoms with Gasteiger partial charge in [0.15, 0.2) is 0 Å². The summed E-state index contributed by atoms with van der Waals surface area (Å²) in [7, 11) is 0. The van der Waals surface area contributed by atoms with Crippen LogP contribution in [-0.2, 0) is 0 Å². The average Bonchev–Trinajstić information content (AvgIpc) is 2.77. The zero-order chi connectivity index (χ0) is 13.1. The van der Waals surface area contributed by atoms with Crippen LogP contribution in [0.5, 0.6) is 0 Å². The van der Waals surface area contributed by atoms with Crippen LogP contribution in [0.25, 0.3) is 11.0 Å². The Morgan fingerprint density at radius 1 is 1.50 bits per heavy atom. The number of aromatic nitrogens is 2. The van der Waals surface area contributed by atoms with Gasteiger partial charge in [-0.1, -0.05) is 0 Å². The number of rotatable bonds is 5. The van der Waals surface area contributed by atoms with Crippen LogP contribution in [0.4, 0.5) is 5.95 Å². The molecule has 0 saturated heterocycles. The number of imidazole rings is 1. The molecule has 0 aliphatic heterocycles. The van der Waals surface area contributed by atoms with Gasteiger partial charge in [-0.25, -0.2) is 9.78 Å². The predicted molar refractivity (Wildman–Crippen MR) is 64.6 cm³/mol. The fourth-order valence-electron chi connectivity index (χ4n) is 1.51. The van der Waals surface area contributed by atoms with Crippen molar-refractivity contribution in [1.29, 1.82) is 0 Å². The van der Waals surface area contributed by atoms with Gasteiger partial charge in [0.25, 0.3) is 0 Å². The molecule has 1 aromatic carbocycles. The Morgan fingerprint density at radius 3 is 2.94 bits per heavy atom. The van der Waals surface area contributed by atoms with E-state index in [1.807, 2.05) is 0 Å². The molecule has 7 heteroatoms. The molecule has 1 atom stereocenters. The number of H-pyrrole nitrogens is 1. The highest BCUT2D eigenvalue weighted by molar-refractivity contribution is 5.92. The van der Waals surface area contributed by atoms with E-state index in [2.05, 4.69) is 15.3 Å². The first-order valence-electron chi connectivity index (χ1n) is 5.36. The zero-order valence-electron chi connectivity index (χ0n) is 9.42. The maximum Gasteiger partial charge on any atom is 0.335 e. The van der Waals surface area contributed by atoms with E-state index in [1.54, 1.807) is 6.07 Å². The van der Waals surface area contributed by atoms with Gasteiger partial charge >= 0.3 is 5.97 Å². The van der Waals surface area contributed by atoms with E-state index in [9.17, 15) is 9.90 Å². The first kappa shape index (κ1) is 12.3. The quantitative estimate of drug-likeness (QED) is 0.511. The van der Waals surface area contributed by atoms with Crippen molar-refractivity contribution >= 4 is 23.0 Å². The second-order valence-electron chi connectivity index (χ2n) is 3.84. The van der Waals surface area contributed by atoms with E-state index < -0.39 is 12.1 Å². The topological polar surface area (TPSA) is 118 Å². The van der Waals surface area contributed by atoms with E-state index in [0.29, 0.717) is 17.0 Å². The van der Waals surface area contributed by atoms with Crippen molar-refractivity contribution in [2.24, 2.45) is 0 Å². The summed E-state index contributed by atoms with van der Waals surface area (Å²) in [6, 6.07) is 4.55. The molecule has 2 rings (SSSR count). The van der Waals surface area contributed by atoms with Gasteiger partial charge in [0, 0.05) is 6.54 Å². The largest absolute Gasteiger partial charge is 0.478 e. The molecule has 1 aromatic heterocycles. The second kappa shape index (κ2) is 5.03. The molecule has 0 spiro atoms. The summed E-state index contributed by atoms with van der Waals surface area (Å²) in [5, 5.41) is 29.5. The molecule has 2 aromatic rings. The van der Waals surface area contributed by atoms with E-state index in [4.69, 9.17) is 10.2 Å². The van der Waals surface area contributed by atoms with E-state index >= 15 is 0 Å². The van der Waals surface area contributed by atoms with Gasteiger partial charge < -0.3 is 25.6 Å². The van der Waals surface area contributed by atoms with Crippen LogP contribution in [0.3, 0.4) is 0 Å². The number of nitrogens with one attached hydrogen (secondary N) is 2. The number of carboxylic acid groups (broad SMARTS) is 1. The molecule has 0 aliphatic rings. The van der Waals surface area contributed by atoms with Crippen molar-refractivity contribution in [3.05, 3.63) is 23.8 Å². The summed E-state index contributed by atoms with van der Waals surface area (Å²) in [6.07, 6.45) is -0.868. The lowest BCUT2D eigenvalue weighted by atomic mass is 10.2. The molecule has 0 bridgehead atoms. The van der Waals surface area contributed by atoms with Crippen LogP contribution in [0.2, 0.25) is 0 Å². The number of benzene rings is 1. The van der Waals surface area contributed by atoms with Crippen LogP contribution < -0.4 is 5.32 Å². The number of aliphatic hydroxyl groups excluding tert-OH is 2. The summed E-state index contributed by atoms with van der Waals surface area (Å²) < 4.78 is 0. The smallest absolute Gasteiger partial charge is 0.335 e. The number of fused-ring (bicyclic) bond motifs is 1. The Kier molecular flexibility index (Phi) is 3.45. The minimum atomic E-state index is -1.00. The highest BCUT2D eigenvalue weighted by atomic mass is 16.4. The lowest BCUT2D eigenvalue weighted by Crippen LogP contribution is -2.23. The number of aromatic amines is 1. The summed E-state index contributed by atoms with van der Waals surface area (Å²) >= 11 is 0. The van der Waals surface area contributed by atoms with Crippen LogP contribution in [-0.4, -0.2) is 50.5 Å². The third-order valence-corrected chi connectivity index (χ3v) is 2.44.